The molecule has 0 aromatic carbocycles. The lowest BCUT2D eigenvalue weighted by Crippen LogP contribution is -2.16. The van der Waals surface area contributed by atoms with Crippen molar-refractivity contribution in [3.05, 3.63) is 35.1 Å². The smallest absolute Gasteiger partial charge is 0.274 e. The van der Waals surface area contributed by atoms with E-state index in [1.807, 2.05) is 16.9 Å². The Kier molecular flexibility index (Phi) is 4.38. The maximum absolute atomic E-state index is 12.5. The lowest BCUT2D eigenvalue weighted by Gasteiger charge is -2.05. The molecule has 5 nitrogen and oxygen atoms in total. The Balaban J connectivity index is 1.81. The molecule has 116 valence electrons. The van der Waals surface area contributed by atoms with E-state index in [1.54, 1.807) is 18.5 Å². The fraction of sp³-hybridized carbons (Fsp3) is 0.438. The number of carbonyl (C=O) groups is 2. The number of aryl methyl sites for hydroxylation is 1. The average Bonchev–Trinajstić information content (AvgIpc) is 3.26. The molecule has 0 aliphatic heterocycles. The van der Waals surface area contributed by atoms with Gasteiger partial charge in [0, 0.05) is 35.8 Å². The molecular formula is C16H19N3O2S. The van der Waals surface area contributed by atoms with Gasteiger partial charge in [0.25, 0.3) is 5.91 Å². The predicted molar refractivity (Wildman–Crippen MR) is 86.5 cm³/mol. The summed E-state index contributed by atoms with van der Waals surface area (Å²) in [6.45, 7) is 2.61. The van der Waals surface area contributed by atoms with Crippen LogP contribution in [0.1, 0.15) is 53.5 Å². The summed E-state index contributed by atoms with van der Waals surface area (Å²) in [5.74, 6) is 0.0813. The van der Waals surface area contributed by atoms with Gasteiger partial charge in [0.1, 0.15) is 5.69 Å². The van der Waals surface area contributed by atoms with Crippen molar-refractivity contribution in [2.45, 2.75) is 39.2 Å². The summed E-state index contributed by atoms with van der Waals surface area (Å²) in [7, 11) is 0. The summed E-state index contributed by atoms with van der Waals surface area (Å²) in [5, 5.41) is 5.15. The Bertz CT molecular complexity index is 670. The zero-order chi connectivity index (χ0) is 15.5. The van der Waals surface area contributed by atoms with Crippen LogP contribution in [0, 0.1) is 5.92 Å². The summed E-state index contributed by atoms with van der Waals surface area (Å²) < 4.78 is 1.82. The first kappa shape index (κ1) is 15.0. The number of anilines is 1. The molecule has 1 fully saturated rings. The Morgan fingerprint density at radius 1 is 1.41 bits per heavy atom. The largest absolute Gasteiger partial charge is 0.343 e. The molecule has 1 aliphatic rings. The normalized spacial score (nSPS) is 15.1. The molecule has 0 atom stereocenters. The highest BCUT2D eigenvalue weighted by atomic mass is 32.1. The molecule has 3 rings (SSSR count). The summed E-state index contributed by atoms with van der Waals surface area (Å²) in [6, 6.07) is 1.72. The molecule has 0 saturated heterocycles. The second-order valence-corrected chi connectivity index (χ2v) is 6.43. The molecule has 0 radical (unpaired) electrons. The second kappa shape index (κ2) is 6.44. The zero-order valence-electron chi connectivity index (χ0n) is 12.5. The standard InChI is InChI=1S/C16H19N3O2S/c1-2-19-10-12(14(20)11-5-3-4-6-11)9-13(19)15(21)18-16-17-7-8-22-16/h7-11H,2-6H2,1H3,(H,17,18,21). The van der Waals surface area contributed by atoms with Crippen LogP contribution in [-0.2, 0) is 6.54 Å². The van der Waals surface area contributed by atoms with E-state index < -0.39 is 0 Å². The number of thiazole rings is 1. The van der Waals surface area contributed by atoms with E-state index in [2.05, 4.69) is 10.3 Å². The lowest BCUT2D eigenvalue weighted by atomic mass is 9.98. The number of rotatable bonds is 5. The molecule has 6 heteroatoms. The summed E-state index contributed by atoms with van der Waals surface area (Å²) in [6.07, 6.45) is 7.64. The van der Waals surface area contributed by atoms with E-state index in [-0.39, 0.29) is 17.6 Å². The molecule has 2 aromatic heterocycles. The van der Waals surface area contributed by atoms with Crippen molar-refractivity contribution in [1.29, 1.82) is 0 Å². The molecule has 0 spiro atoms. The lowest BCUT2D eigenvalue weighted by molar-refractivity contribution is 0.0922. The van der Waals surface area contributed by atoms with Crippen molar-refractivity contribution in [3.63, 3.8) is 0 Å². The quantitative estimate of drug-likeness (QED) is 0.857. The minimum Gasteiger partial charge on any atom is -0.343 e. The Morgan fingerprint density at radius 3 is 2.82 bits per heavy atom. The fourth-order valence-corrected chi connectivity index (χ4v) is 3.49. The van der Waals surface area contributed by atoms with Crippen LogP contribution in [0.15, 0.2) is 23.8 Å². The number of amides is 1. The van der Waals surface area contributed by atoms with Gasteiger partial charge < -0.3 is 4.57 Å². The van der Waals surface area contributed by atoms with Gasteiger partial charge in [-0.3, -0.25) is 14.9 Å². The van der Waals surface area contributed by atoms with Gasteiger partial charge in [-0.15, -0.1) is 11.3 Å². The molecule has 2 aromatic rings. The van der Waals surface area contributed by atoms with Gasteiger partial charge in [0.15, 0.2) is 10.9 Å². The highest BCUT2D eigenvalue weighted by molar-refractivity contribution is 7.13. The summed E-state index contributed by atoms with van der Waals surface area (Å²) in [5.41, 5.74) is 1.16. The van der Waals surface area contributed by atoms with E-state index in [0.717, 1.165) is 25.7 Å². The molecule has 1 amide bonds. The SMILES string of the molecule is CCn1cc(C(=O)C2CCCC2)cc1C(=O)Nc1nccs1. The molecule has 0 bridgehead atoms. The number of carbonyl (C=O) groups excluding carboxylic acids is 2. The molecule has 1 N–H and O–H groups in total. The zero-order valence-corrected chi connectivity index (χ0v) is 13.4. The van der Waals surface area contributed by atoms with Crippen molar-refractivity contribution in [2.24, 2.45) is 5.92 Å². The van der Waals surface area contributed by atoms with E-state index in [0.29, 0.717) is 22.9 Å². The Labute approximate surface area is 133 Å². The van der Waals surface area contributed by atoms with Gasteiger partial charge >= 0.3 is 0 Å². The monoisotopic (exact) mass is 317 g/mol. The highest BCUT2D eigenvalue weighted by Gasteiger charge is 2.26. The summed E-state index contributed by atoms with van der Waals surface area (Å²) >= 11 is 1.37. The number of nitrogens with zero attached hydrogens (tertiary/aromatic N) is 2. The minimum absolute atomic E-state index is 0.127. The van der Waals surface area contributed by atoms with Gasteiger partial charge in [-0.25, -0.2) is 4.98 Å². The van der Waals surface area contributed by atoms with Gasteiger partial charge in [-0.2, -0.15) is 0 Å². The second-order valence-electron chi connectivity index (χ2n) is 5.54. The van der Waals surface area contributed by atoms with E-state index >= 15 is 0 Å². The molecule has 0 unspecified atom stereocenters. The van der Waals surface area contributed by atoms with Crippen molar-refractivity contribution in [3.8, 4) is 0 Å². The topological polar surface area (TPSA) is 64.0 Å². The number of hydrogen-bond acceptors (Lipinski definition) is 4. The van der Waals surface area contributed by atoms with Crippen LogP contribution in [0.5, 0.6) is 0 Å². The maximum Gasteiger partial charge on any atom is 0.274 e. The number of aromatic nitrogens is 2. The minimum atomic E-state index is -0.220. The van der Waals surface area contributed by atoms with Crippen LogP contribution in [0.4, 0.5) is 5.13 Å². The highest BCUT2D eigenvalue weighted by Crippen LogP contribution is 2.28. The van der Waals surface area contributed by atoms with Crippen LogP contribution in [0.25, 0.3) is 0 Å². The van der Waals surface area contributed by atoms with E-state index in [4.69, 9.17) is 0 Å². The van der Waals surface area contributed by atoms with Gasteiger partial charge in [-0.05, 0) is 25.8 Å². The maximum atomic E-state index is 12.5. The third kappa shape index (κ3) is 2.97. The fourth-order valence-electron chi connectivity index (χ4n) is 2.97. The molecule has 2 heterocycles. The predicted octanol–water partition coefficient (Wildman–Crippen LogP) is 3.59. The number of hydrogen-bond donors (Lipinski definition) is 1. The van der Waals surface area contributed by atoms with Gasteiger partial charge in [0.05, 0.1) is 0 Å². The van der Waals surface area contributed by atoms with E-state index in [9.17, 15) is 9.59 Å². The Hall–Kier alpha value is -1.95. The van der Waals surface area contributed by atoms with Crippen molar-refractivity contribution >= 4 is 28.2 Å². The van der Waals surface area contributed by atoms with Crippen molar-refractivity contribution in [1.82, 2.24) is 9.55 Å². The first-order valence-electron chi connectivity index (χ1n) is 7.64. The van der Waals surface area contributed by atoms with E-state index in [1.165, 1.54) is 11.3 Å². The van der Waals surface area contributed by atoms with Crippen molar-refractivity contribution < 1.29 is 9.59 Å². The van der Waals surface area contributed by atoms with Crippen LogP contribution >= 0.6 is 11.3 Å². The molecule has 1 saturated carbocycles. The third-order valence-electron chi connectivity index (χ3n) is 4.13. The number of Topliss-reactive ketones (excluding diaryl/α,β-unsaturated/α-hetero) is 1. The Morgan fingerprint density at radius 2 is 2.18 bits per heavy atom. The summed E-state index contributed by atoms with van der Waals surface area (Å²) in [4.78, 5) is 28.9. The number of ketones is 1. The van der Waals surface area contributed by atoms with Crippen LogP contribution in [-0.4, -0.2) is 21.2 Å². The van der Waals surface area contributed by atoms with Gasteiger partial charge in [-0.1, -0.05) is 12.8 Å². The van der Waals surface area contributed by atoms with Gasteiger partial charge in [0.2, 0.25) is 0 Å². The average molecular weight is 317 g/mol. The van der Waals surface area contributed by atoms with Crippen molar-refractivity contribution in [2.75, 3.05) is 5.32 Å². The molecule has 1 aliphatic carbocycles. The van der Waals surface area contributed by atoms with Crippen LogP contribution < -0.4 is 5.32 Å². The van der Waals surface area contributed by atoms with Crippen LogP contribution in [0.3, 0.4) is 0 Å². The van der Waals surface area contributed by atoms with Crippen LogP contribution in [0.2, 0.25) is 0 Å². The first-order chi connectivity index (χ1) is 10.7. The first-order valence-corrected chi connectivity index (χ1v) is 8.52. The molecule has 22 heavy (non-hydrogen) atoms. The third-order valence-corrected chi connectivity index (χ3v) is 4.82. The number of nitrogens with one attached hydrogen (secondary N) is 1. The molecular weight excluding hydrogens is 298 g/mol.